The minimum absolute atomic E-state index is 0.0484. The molecule has 0 atom stereocenters. The number of hydrogen-bond donors (Lipinski definition) is 2. The third kappa shape index (κ3) is 4.20. The summed E-state index contributed by atoms with van der Waals surface area (Å²) in [5.41, 5.74) is 10.5. The van der Waals surface area contributed by atoms with E-state index in [0.29, 0.717) is 16.6 Å². The summed E-state index contributed by atoms with van der Waals surface area (Å²) in [6.07, 6.45) is 5.85. The van der Waals surface area contributed by atoms with Gasteiger partial charge in [-0.25, -0.2) is 4.98 Å². The van der Waals surface area contributed by atoms with Crippen LogP contribution in [0.2, 0.25) is 0 Å². The van der Waals surface area contributed by atoms with Crippen LogP contribution in [0.4, 0.5) is 5.13 Å². The summed E-state index contributed by atoms with van der Waals surface area (Å²) in [5, 5.41) is 5.99. The first-order chi connectivity index (χ1) is 14.9. The fourth-order valence-corrected chi connectivity index (χ4v) is 4.85. The van der Waals surface area contributed by atoms with Crippen LogP contribution in [0, 0.1) is 6.92 Å². The van der Waals surface area contributed by atoms with Crippen LogP contribution in [-0.2, 0) is 28.9 Å². The van der Waals surface area contributed by atoms with E-state index in [2.05, 4.69) is 16.4 Å². The van der Waals surface area contributed by atoms with E-state index in [1.807, 2.05) is 13.8 Å². The van der Waals surface area contributed by atoms with Gasteiger partial charge in [-0.1, -0.05) is 0 Å². The normalized spacial score (nSPS) is 13.8. The molecule has 0 bridgehead atoms. The Balaban J connectivity index is 1.65. The molecule has 162 valence electrons. The van der Waals surface area contributed by atoms with Crippen molar-refractivity contribution in [3.63, 3.8) is 0 Å². The van der Waals surface area contributed by atoms with Crippen molar-refractivity contribution in [3.8, 4) is 5.75 Å². The molecule has 4 rings (SSSR count). The van der Waals surface area contributed by atoms with Gasteiger partial charge in [0.1, 0.15) is 17.1 Å². The Morgan fingerprint density at radius 3 is 2.87 bits per heavy atom. The lowest BCUT2D eigenvalue weighted by molar-refractivity contribution is -0.117. The predicted molar refractivity (Wildman–Crippen MR) is 121 cm³/mol. The minimum Gasteiger partial charge on any atom is -0.496 e. The van der Waals surface area contributed by atoms with Crippen LogP contribution in [0.15, 0.2) is 21.9 Å². The van der Waals surface area contributed by atoms with Gasteiger partial charge in [-0.2, -0.15) is 0 Å². The van der Waals surface area contributed by atoms with Crippen molar-refractivity contribution in [1.82, 2.24) is 4.98 Å². The molecular weight excluding hydrogens is 414 g/mol. The number of amides is 2. The maximum absolute atomic E-state index is 12.6. The topological polar surface area (TPSA) is 107 Å². The molecule has 1 aliphatic carbocycles. The highest BCUT2D eigenvalue weighted by Gasteiger charge is 2.23. The lowest BCUT2D eigenvalue weighted by Crippen LogP contribution is -2.14. The Hall–Kier alpha value is -3.13. The Morgan fingerprint density at radius 1 is 1.35 bits per heavy atom. The molecule has 1 aliphatic rings. The summed E-state index contributed by atoms with van der Waals surface area (Å²) in [6, 6.07) is 2.07. The van der Waals surface area contributed by atoms with Gasteiger partial charge in [-0.15, -0.1) is 11.3 Å². The van der Waals surface area contributed by atoms with Crippen LogP contribution in [-0.4, -0.2) is 23.9 Å². The third-order valence-corrected chi connectivity index (χ3v) is 6.35. The zero-order chi connectivity index (χ0) is 22.1. The minimum atomic E-state index is -0.460. The lowest BCUT2D eigenvalue weighted by Gasteiger charge is -2.13. The molecule has 31 heavy (non-hydrogen) atoms. The highest BCUT2D eigenvalue weighted by molar-refractivity contribution is 7.14. The standard InChI is InChI=1S/C23H25N3O4S/c1-12(8-20(28)26-23-25-14(11-31-23)9-19(24)27)16-10-17-15-6-4-5-7-18(15)30-22(17)13(2)21(16)29-3/h8,10-11H,4-7,9H2,1-3H3,(H2,24,27)(H,25,26,28)/b12-8+. The number of hydrogen-bond acceptors (Lipinski definition) is 6. The van der Waals surface area contributed by atoms with Gasteiger partial charge >= 0.3 is 0 Å². The van der Waals surface area contributed by atoms with E-state index in [0.717, 1.165) is 59.1 Å². The largest absolute Gasteiger partial charge is 0.496 e. The maximum atomic E-state index is 12.6. The van der Waals surface area contributed by atoms with E-state index in [-0.39, 0.29) is 12.3 Å². The summed E-state index contributed by atoms with van der Waals surface area (Å²) < 4.78 is 11.9. The number of aromatic nitrogens is 1. The highest BCUT2D eigenvalue weighted by atomic mass is 32.1. The van der Waals surface area contributed by atoms with Gasteiger partial charge in [0.15, 0.2) is 5.13 Å². The summed E-state index contributed by atoms with van der Waals surface area (Å²) in [5.74, 6) is 1.02. The summed E-state index contributed by atoms with van der Waals surface area (Å²) in [7, 11) is 1.63. The number of nitrogens with zero attached hydrogens (tertiary/aromatic N) is 1. The van der Waals surface area contributed by atoms with Crippen LogP contribution < -0.4 is 15.8 Å². The van der Waals surface area contributed by atoms with E-state index >= 15 is 0 Å². The molecule has 2 heterocycles. The number of aryl methyl sites for hydroxylation is 3. The van der Waals surface area contributed by atoms with Gasteiger partial charge in [0.2, 0.25) is 11.8 Å². The number of primary amides is 1. The number of rotatable bonds is 6. The first-order valence-electron chi connectivity index (χ1n) is 10.2. The third-order valence-electron chi connectivity index (χ3n) is 5.54. The number of furan rings is 1. The average molecular weight is 440 g/mol. The van der Waals surface area contributed by atoms with Crippen LogP contribution >= 0.6 is 11.3 Å². The molecule has 3 aromatic rings. The lowest BCUT2D eigenvalue weighted by atomic mass is 9.93. The van der Waals surface area contributed by atoms with E-state index in [1.165, 1.54) is 23.0 Å². The number of benzene rings is 1. The Morgan fingerprint density at radius 2 is 2.13 bits per heavy atom. The smallest absolute Gasteiger partial charge is 0.250 e. The van der Waals surface area contributed by atoms with Crippen LogP contribution in [0.1, 0.15) is 47.9 Å². The quantitative estimate of drug-likeness (QED) is 0.561. The van der Waals surface area contributed by atoms with Crippen LogP contribution in [0.3, 0.4) is 0 Å². The second-order valence-corrected chi connectivity index (χ2v) is 8.63. The second-order valence-electron chi connectivity index (χ2n) is 7.77. The molecule has 0 saturated carbocycles. The van der Waals surface area contributed by atoms with Crippen molar-refractivity contribution in [2.75, 3.05) is 12.4 Å². The fraction of sp³-hybridized carbons (Fsp3) is 0.348. The predicted octanol–water partition coefficient (Wildman–Crippen LogP) is 4.15. The number of methoxy groups -OCH3 is 1. The maximum Gasteiger partial charge on any atom is 0.250 e. The van der Waals surface area contributed by atoms with Crippen molar-refractivity contribution >= 4 is 44.8 Å². The molecule has 2 aromatic heterocycles. The molecule has 0 aliphatic heterocycles. The monoisotopic (exact) mass is 439 g/mol. The number of thiazole rings is 1. The van der Waals surface area contributed by atoms with Crippen molar-refractivity contribution in [2.24, 2.45) is 5.73 Å². The van der Waals surface area contributed by atoms with E-state index in [4.69, 9.17) is 14.9 Å². The number of ether oxygens (including phenoxy) is 1. The van der Waals surface area contributed by atoms with Crippen molar-refractivity contribution in [3.05, 3.63) is 45.7 Å². The zero-order valence-electron chi connectivity index (χ0n) is 17.8. The summed E-state index contributed by atoms with van der Waals surface area (Å²) >= 11 is 1.25. The SMILES string of the molecule is COc1c(/C(C)=C/C(=O)Nc2nc(CC(N)=O)cs2)cc2c3c(oc2c1C)CCCC3. The second kappa shape index (κ2) is 8.55. The number of anilines is 1. The van der Waals surface area contributed by atoms with Crippen molar-refractivity contribution in [2.45, 2.75) is 46.0 Å². The molecular formula is C23H25N3O4S. The Labute approximate surface area is 184 Å². The molecule has 0 fully saturated rings. The Kier molecular flexibility index (Phi) is 5.82. The van der Waals surface area contributed by atoms with Gasteiger partial charge in [-0.05, 0) is 44.7 Å². The molecule has 0 radical (unpaired) electrons. The van der Waals surface area contributed by atoms with E-state index in [9.17, 15) is 9.59 Å². The fourth-order valence-electron chi connectivity index (χ4n) is 4.13. The van der Waals surface area contributed by atoms with Crippen LogP contribution in [0.25, 0.3) is 16.5 Å². The molecule has 0 saturated heterocycles. The molecule has 0 unspecified atom stereocenters. The number of carbonyl (C=O) groups is 2. The average Bonchev–Trinajstić information content (AvgIpc) is 3.31. The molecule has 3 N–H and O–H groups in total. The van der Waals surface area contributed by atoms with Gasteiger partial charge in [0, 0.05) is 40.0 Å². The summed E-state index contributed by atoms with van der Waals surface area (Å²) in [4.78, 5) is 27.8. The van der Waals surface area contributed by atoms with Gasteiger partial charge in [0.05, 0.1) is 19.2 Å². The van der Waals surface area contributed by atoms with E-state index in [1.54, 1.807) is 12.5 Å². The van der Waals surface area contributed by atoms with E-state index < -0.39 is 5.91 Å². The van der Waals surface area contributed by atoms with Crippen molar-refractivity contribution in [1.29, 1.82) is 0 Å². The molecule has 2 amide bonds. The van der Waals surface area contributed by atoms with Gasteiger partial charge in [-0.3, -0.25) is 14.9 Å². The molecule has 8 heteroatoms. The number of fused-ring (bicyclic) bond motifs is 3. The Bertz CT molecular complexity index is 1210. The van der Waals surface area contributed by atoms with Crippen LogP contribution in [0.5, 0.6) is 5.75 Å². The van der Waals surface area contributed by atoms with Gasteiger partial charge < -0.3 is 14.9 Å². The molecule has 0 spiro atoms. The number of nitrogens with one attached hydrogen (secondary N) is 1. The van der Waals surface area contributed by atoms with Crippen molar-refractivity contribution < 1.29 is 18.7 Å². The highest BCUT2D eigenvalue weighted by Crippen LogP contribution is 2.41. The zero-order valence-corrected chi connectivity index (χ0v) is 18.6. The first kappa shape index (κ1) is 21.1. The first-order valence-corrected chi connectivity index (χ1v) is 11.1. The molecule has 1 aromatic carbocycles. The van der Waals surface area contributed by atoms with Gasteiger partial charge in [0.25, 0.3) is 0 Å². The number of carbonyl (C=O) groups excluding carboxylic acids is 2. The summed E-state index contributed by atoms with van der Waals surface area (Å²) in [6.45, 7) is 3.87. The molecule has 7 nitrogen and oxygen atoms in total. The number of nitrogens with two attached hydrogens (primary N) is 1. The number of allylic oxidation sites excluding steroid dienone is 1.